The van der Waals surface area contributed by atoms with Crippen LogP contribution in [0.2, 0.25) is 0 Å². The summed E-state index contributed by atoms with van der Waals surface area (Å²) in [7, 11) is 0. The lowest BCUT2D eigenvalue weighted by atomic mass is 10.0. The molecule has 0 fully saturated rings. The molecule has 0 radical (unpaired) electrons. The summed E-state index contributed by atoms with van der Waals surface area (Å²) in [5, 5.41) is 23.8. The molecule has 0 aliphatic carbocycles. The predicted molar refractivity (Wildman–Crippen MR) is 287 cm³/mol. The van der Waals surface area contributed by atoms with Gasteiger partial charge in [0.15, 0.2) is 0 Å². The van der Waals surface area contributed by atoms with Gasteiger partial charge in [-0.1, -0.05) is 265 Å². The van der Waals surface area contributed by atoms with Gasteiger partial charge >= 0.3 is 5.97 Å². The molecule has 1 amide bonds. The van der Waals surface area contributed by atoms with Crippen molar-refractivity contribution in [2.75, 3.05) is 6.61 Å². The van der Waals surface area contributed by atoms with Gasteiger partial charge in [-0.05, 0) is 64.2 Å². The lowest BCUT2D eigenvalue weighted by molar-refractivity contribution is -0.151. The summed E-state index contributed by atoms with van der Waals surface area (Å²) in [5.41, 5.74) is 0. The number of ether oxygens (including phenoxy) is 1. The number of hydrogen-bond acceptors (Lipinski definition) is 5. The highest BCUT2D eigenvalue weighted by atomic mass is 16.5. The first-order valence-electron chi connectivity index (χ1n) is 27.2. The molecule has 0 aliphatic heterocycles. The number of esters is 1. The first kappa shape index (κ1) is 62.5. The number of unbranched alkanes of at least 4 members (excludes halogenated alkanes) is 24. The van der Waals surface area contributed by atoms with E-state index in [1.54, 1.807) is 0 Å². The lowest BCUT2D eigenvalue weighted by Crippen LogP contribution is -2.46. The minimum absolute atomic E-state index is 0.0124. The maximum atomic E-state index is 13.2. The summed E-state index contributed by atoms with van der Waals surface area (Å²) in [4.78, 5) is 26.2. The van der Waals surface area contributed by atoms with Crippen LogP contribution in [0.15, 0.2) is 109 Å². The molecule has 0 saturated heterocycles. The summed E-state index contributed by atoms with van der Waals surface area (Å²) < 4.78 is 5.89. The Balaban J connectivity index is 4.69. The van der Waals surface area contributed by atoms with Crippen LogP contribution in [0.4, 0.5) is 0 Å². The fraction of sp³-hybridized carbons (Fsp3) is 0.667. The van der Waals surface area contributed by atoms with Crippen LogP contribution in [0, 0.1) is 0 Å². The fourth-order valence-electron chi connectivity index (χ4n) is 7.70. The van der Waals surface area contributed by atoms with Crippen molar-refractivity contribution in [3.63, 3.8) is 0 Å². The first-order chi connectivity index (χ1) is 32.5. The van der Waals surface area contributed by atoms with E-state index in [2.05, 4.69) is 86.8 Å². The minimum atomic E-state index is -0.818. The van der Waals surface area contributed by atoms with Gasteiger partial charge in [0.25, 0.3) is 0 Å². The quantitative estimate of drug-likeness (QED) is 0.0321. The third kappa shape index (κ3) is 47.0. The minimum Gasteiger partial charge on any atom is -0.462 e. The monoisotopic (exact) mass is 916 g/mol. The van der Waals surface area contributed by atoms with E-state index in [4.69, 9.17) is 4.74 Å². The molecule has 0 aliphatic rings. The van der Waals surface area contributed by atoms with Crippen LogP contribution < -0.4 is 5.32 Å². The van der Waals surface area contributed by atoms with Crippen LogP contribution >= 0.6 is 0 Å². The molecule has 376 valence electrons. The predicted octanol–water partition coefficient (Wildman–Crippen LogP) is 16.7. The van der Waals surface area contributed by atoms with Crippen molar-refractivity contribution in [2.24, 2.45) is 0 Å². The molecule has 0 aromatic carbocycles. The standard InChI is InChI=1S/C60H101NO5/c1-4-7-10-13-16-19-22-25-27-29-30-32-35-38-41-44-47-50-53-60(65)66-56(51-48-45-42-39-36-33-24-21-18-15-12-9-6-3)54-59(64)61-57(55-62)58(63)52-49-46-43-40-37-34-31-28-26-23-20-17-14-11-8-5-2/h9,12,15-16,18-19,21-22,24-25,27,29-30,32-33,36,39,42,56-58,62-63H,4-8,10-11,13-14,17,20,23,26,28,31,34-35,37-38,40-41,43-55H2,1-3H3,(H,61,64)/b12-9+,18-15+,19-16+,24-21-,25-22+,29-27+,32-30+,36-33-,42-39+. The van der Waals surface area contributed by atoms with E-state index in [9.17, 15) is 19.8 Å². The molecule has 66 heavy (non-hydrogen) atoms. The summed E-state index contributed by atoms with van der Waals surface area (Å²) >= 11 is 0. The lowest BCUT2D eigenvalue weighted by Gasteiger charge is -2.24. The molecule has 0 saturated carbocycles. The summed E-state index contributed by atoms with van der Waals surface area (Å²) in [6.45, 7) is 6.28. The Bertz CT molecular complexity index is 1350. The highest BCUT2D eigenvalue weighted by molar-refractivity contribution is 5.77. The largest absolute Gasteiger partial charge is 0.462 e. The second kappa shape index (κ2) is 52.5. The van der Waals surface area contributed by atoms with Crippen molar-refractivity contribution in [2.45, 2.75) is 251 Å². The maximum Gasteiger partial charge on any atom is 0.306 e. The summed E-state index contributed by atoms with van der Waals surface area (Å²) in [6, 6.07) is -0.737. The third-order valence-electron chi connectivity index (χ3n) is 11.8. The molecule has 0 bridgehead atoms. The number of allylic oxidation sites excluding steroid dienone is 18. The van der Waals surface area contributed by atoms with Crippen LogP contribution in [0.25, 0.3) is 0 Å². The summed E-state index contributed by atoms with van der Waals surface area (Å²) in [6.07, 6.45) is 71.5. The van der Waals surface area contributed by atoms with Crippen molar-refractivity contribution in [3.8, 4) is 0 Å². The first-order valence-corrected chi connectivity index (χ1v) is 27.2. The molecule has 6 nitrogen and oxygen atoms in total. The number of carbonyl (C=O) groups excluding carboxylic acids is 2. The highest BCUT2D eigenvalue weighted by Gasteiger charge is 2.24. The zero-order chi connectivity index (χ0) is 48.1. The van der Waals surface area contributed by atoms with E-state index in [0.717, 1.165) is 83.5 Å². The normalized spacial score (nSPS) is 14.1. The van der Waals surface area contributed by atoms with E-state index in [0.29, 0.717) is 19.3 Å². The van der Waals surface area contributed by atoms with Gasteiger partial charge in [0.2, 0.25) is 5.91 Å². The van der Waals surface area contributed by atoms with Gasteiger partial charge in [-0.25, -0.2) is 0 Å². The molecular weight excluding hydrogens is 815 g/mol. The van der Waals surface area contributed by atoms with Gasteiger partial charge in [0.1, 0.15) is 6.10 Å². The smallest absolute Gasteiger partial charge is 0.306 e. The second-order valence-corrected chi connectivity index (χ2v) is 18.1. The Labute approximate surface area is 407 Å². The second-order valence-electron chi connectivity index (χ2n) is 18.1. The average Bonchev–Trinajstić information content (AvgIpc) is 3.31. The molecule has 0 heterocycles. The maximum absolute atomic E-state index is 13.2. The van der Waals surface area contributed by atoms with Gasteiger partial charge in [-0.15, -0.1) is 0 Å². The van der Waals surface area contributed by atoms with Crippen molar-refractivity contribution in [1.29, 1.82) is 0 Å². The molecular formula is C60H101NO5. The number of nitrogens with one attached hydrogen (secondary N) is 1. The number of carbonyl (C=O) groups is 2. The van der Waals surface area contributed by atoms with E-state index >= 15 is 0 Å². The van der Waals surface area contributed by atoms with Crippen LogP contribution in [-0.2, 0) is 14.3 Å². The van der Waals surface area contributed by atoms with Crippen LogP contribution in [0.1, 0.15) is 233 Å². The number of rotatable bonds is 47. The molecule has 0 aromatic rings. The number of hydrogen-bond donors (Lipinski definition) is 3. The van der Waals surface area contributed by atoms with Crippen molar-refractivity contribution in [3.05, 3.63) is 109 Å². The Kier molecular flexibility index (Phi) is 49.7. The highest BCUT2D eigenvalue weighted by Crippen LogP contribution is 2.17. The molecule has 3 N–H and O–H groups in total. The van der Waals surface area contributed by atoms with E-state index < -0.39 is 18.2 Å². The topological polar surface area (TPSA) is 95.9 Å². The molecule has 6 heteroatoms. The average molecular weight is 916 g/mol. The van der Waals surface area contributed by atoms with Crippen molar-refractivity contribution >= 4 is 11.9 Å². The van der Waals surface area contributed by atoms with Gasteiger partial charge < -0.3 is 20.3 Å². The number of aliphatic hydroxyl groups excluding tert-OH is 2. The van der Waals surface area contributed by atoms with Crippen LogP contribution in [0.3, 0.4) is 0 Å². The van der Waals surface area contributed by atoms with Crippen LogP contribution in [-0.4, -0.2) is 46.9 Å². The Morgan fingerprint density at radius 1 is 0.455 bits per heavy atom. The Morgan fingerprint density at radius 3 is 1.30 bits per heavy atom. The number of amides is 1. The third-order valence-corrected chi connectivity index (χ3v) is 11.8. The van der Waals surface area contributed by atoms with Gasteiger partial charge in [-0.2, -0.15) is 0 Å². The van der Waals surface area contributed by atoms with E-state index in [1.165, 1.54) is 103 Å². The van der Waals surface area contributed by atoms with Gasteiger partial charge in [0.05, 0.1) is 25.2 Å². The van der Waals surface area contributed by atoms with Crippen molar-refractivity contribution < 1.29 is 24.5 Å². The zero-order valence-electron chi connectivity index (χ0n) is 42.8. The van der Waals surface area contributed by atoms with Gasteiger partial charge in [-0.3, -0.25) is 9.59 Å². The molecule has 3 unspecified atom stereocenters. The van der Waals surface area contributed by atoms with E-state index in [1.807, 2.05) is 48.6 Å². The van der Waals surface area contributed by atoms with Crippen molar-refractivity contribution in [1.82, 2.24) is 5.32 Å². The Hall–Kier alpha value is -3.48. The summed E-state index contributed by atoms with van der Waals surface area (Å²) in [5.74, 6) is -0.580. The Morgan fingerprint density at radius 2 is 0.833 bits per heavy atom. The fourth-order valence-corrected chi connectivity index (χ4v) is 7.70. The van der Waals surface area contributed by atoms with Gasteiger partial charge in [0, 0.05) is 6.42 Å². The number of aliphatic hydroxyl groups is 2. The molecule has 3 atom stereocenters. The van der Waals surface area contributed by atoms with Crippen LogP contribution in [0.5, 0.6) is 0 Å². The zero-order valence-corrected chi connectivity index (χ0v) is 42.8. The van der Waals surface area contributed by atoms with E-state index in [-0.39, 0.29) is 24.9 Å². The molecule has 0 rings (SSSR count). The SMILES string of the molecule is CC/C=C/C=C/C=C\C=C/C=C/CCCC(CC(=O)NC(CO)C(O)CCCCCCCCCCCCCCCCCC)OC(=O)CCCCCCC/C=C/C=C/C=C/C=C/CCCCC. The molecule has 0 aromatic heterocycles. The molecule has 0 spiro atoms.